The van der Waals surface area contributed by atoms with Gasteiger partial charge in [0, 0.05) is 35.2 Å². The Hall–Kier alpha value is -1.91. The van der Waals surface area contributed by atoms with E-state index in [1.54, 1.807) is 29.7 Å². The second-order valence-corrected chi connectivity index (χ2v) is 9.14. The van der Waals surface area contributed by atoms with Crippen LogP contribution < -0.4 is 5.32 Å². The third-order valence-electron chi connectivity index (χ3n) is 5.96. The number of aliphatic carboxylic acids is 1. The molecule has 0 saturated carbocycles. The molecule has 2 saturated heterocycles. The monoisotopic (exact) mass is 407 g/mol. The summed E-state index contributed by atoms with van der Waals surface area (Å²) in [6.07, 6.45) is 4.31. The van der Waals surface area contributed by atoms with Crippen LogP contribution in [0.4, 0.5) is 0 Å². The first-order chi connectivity index (χ1) is 13.4. The maximum Gasteiger partial charge on any atom is 0.353 e. The third kappa shape index (κ3) is 3.23. The van der Waals surface area contributed by atoms with Crippen LogP contribution in [-0.2, 0) is 16.1 Å². The van der Waals surface area contributed by atoms with Crippen LogP contribution in [0.2, 0.25) is 0 Å². The molecular formula is C18H25N5O4S. The number of β-lactam (4-membered cyclic amide) rings is 1. The highest BCUT2D eigenvalue weighted by atomic mass is 32.2. The molecule has 4 heterocycles. The van der Waals surface area contributed by atoms with Gasteiger partial charge in [0.1, 0.15) is 18.4 Å². The van der Waals surface area contributed by atoms with E-state index < -0.39 is 18.0 Å². The van der Waals surface area contributed by atoms with Crippen LogP contribution >= 0.6 is 11.8 Å². The van der Waals surface area contributed by atoms with E-state index in [0.717, 1.165) is 30.8 Å². The van der Waals surface area contributed by atoms with Gasteiger partial charge in [-0.05, 0) is 19.8 Å². The minimum atomic E-state index is -1.07. The number of hydrogen-bond donors (Lipinski definition) is 3. The summed E-state index contributed by atoms with van der Waals surface area (Å²) in [7, 11) is 0. The van der Waals surface area contributed by atoms with Gasteiger partial charge in [0.15, 0.2) is 0 Å². The van der Waals surface area contributed by atoms with Crippen molar-refractivity contribution in [1.29, 1.82) is 0 Å². The number of nitrogens with zero attached hydrogens (tertiary/aromatic N) is 4. The molecule has 3 N–H and O–H groups in total. The third-order valence-corrected chi connectivity index (χ3v) is 7.47. The van der Waals surface area contributed by atoms with Gasteiger partial charge in [0.2, 0.25) is 5.91 Å². The van der Waals surface area contributed by atoms with Crippen molar-refractivity contribution in [2.24, 2.45) is 11.8 Å². The molecule has 152 valence electrons. The van der Waals surface area contributed by atoms with Gasteiger partial charge in [-0.1, -0.05) is 6.92 Å². The lowest BCUT2D eigenvalue weighted by Crippen LogP contribution is -2.63. The molecule has 9 nitrogen and oxygen atoms in total. The van der Waals surface area contributed by atoms with Gasteiger partial charge >= 0.3 is 5.97 Å². The van der Waals surface area contributed by atoms with Gasteiger partial charge in [-0.25, -0.2) is 9.78 Å². The normalized spacial score (nSPS) is 33.2. The zero-order chi connectivity index (χ0) is 20.0. The average molecular weight is 407 g/mol. The quantitative estimate of drug-likeness (QED) is 0.552. The Bertz CT molecular complexity index is 796. The number of fused-ring (bicyclic) bond motifs is 1. The van der Waals surface area contributed by atoms with E-state index in [0.29, 0.717) is 6.04 Å². The topological polar surface area (TPSA) is 121 Å². The molecule has 0 radical (unpaired) electrons. The number of hydrogen-bond acceptors (Lipinski definition) is 7. The Morgan fingerprint density at radius 2 is 2.29 bits per heavy atom. The summed E-state index contributed by atoms with van der Waals surface area (Å²) in [5.74, 6) is -1.94. The Morgan fingerprint density at radius 3 is 2.93 bits per heavy atom. The molecule has 2 fully saturated rings. The van der Waals surface area contributed by atoms with Crippen LogP contribution in [0.3, 0.4) is 0 Å². The van der Waals surface area contributed by atoms with Crippen LogP contribution in [0.25, 0.3) is 0 Å². The predicted molar refractivity (Wildman–Crippen MR) is 102 cm³/mol. The smallest absolute Gasteiger partial charge is 0.353 e. The standard InChI is InChI=1S/C18H25N5O4S/c1-9-14-13(10(2)24)17(25)23(14)15(18(26)27)16(9)28-12-5-11(20-6-12)3-4-22-8-19-7-21-22/h7-14,20,24H,3-6H2,1-2H3,(H,26,27)/t9-,10-,11-,12+,13-,14-/m1/s1. The number of aliphatic hydroxyl groups excluding tert-OH is 1. The highest BCUT2D eigenvalue weighted by Crippen LogP contribution is 2.51. The molecule has 6 atom stereocenters. The molecule has 28 heavy (non-hydrogen) atoms. The molecule has 0 bridgehead atoms. The lowest BCUT2D eigenvalue weighted by Gasteiger charge is -2.46. The predicted octanol–water partition coefficient (Wildman–Crippen LogP) is 0.286. The lowest BCUT2D eigenvalue weighted by atomic mass is 9.79. The summed E-state index contributed by atoms with van der Waals surface area (Å²) < 4.78 is 1.80. The summed E-state index contributed by atoms with van der Waals surface area (Å²) in [4.78, 5) is 30.4. The molecule has 0 unspecified atom stereocenters. The largest absolute Gasteiger partial charge is 0.477 e. The number of aryl methyl sites for hydroxylation is 1. The Kier molecular flexibility index (Phi) is 5.19. The van der Waals surface area contributed by atoms with E-state index in [1.165, 1.54) is 11.2 Å². The first-order valence-electron chi connectivity index (χ1n) is 9.59. The highest BCUT2D eigenvalue weighted by Gasteiger charge is 2.60. The minimum Gasteiger partial charge on any atom is -0.477 e. The van der Waals surface area contributed by atoms with Crippen LogP contribution in [0.1, 0.15) is 26.7 Å². The van der Waals surface area contributed by atoms with E-state index in [9.17, 15) is 19.8 Å². The zero-order valence-electron chi connectivity index (χ0n) is 15.9. The molecule has 1 aromatic heterocycles. The molecule has 10 heteroatoms. The van der Waals surface area contributed by atoms with E-state index in [1.807, 2.05) is 6.92 Å². The van der Waals surface area contributed by atoms with Crippen molar-refractivity contribution in [2.45, 2.75) is 56.7 Å². The Morgan fingerprint density at radius 1 is 1.50 bits per heavy atom. The summed E-state index contributed by atoms with van der Waals surface area (Å²) in [6.45, 7) is 5.14. The zero-order valence-corrected chi connectivity index (χ0v) is 16.7. The van der Waals surface area contributed by atoms with Crippen molar-refractivity contribution in [3.8, 4) is 0 Å². The summed E-state index contributed by atoms with van der Waals surface area (Å²) >= 11 is 1.58. The van der Waals surface area contributed by atoms with Gasteiger partial charge in [-0.3, -0.25) is 9.48 Å². The molecule has 0 aliphatic carbocycles. The average Bonchev–Trinajstić information content (AvgIpc) is 3.34. The number of thioether (sulfide) groups is 1. The van der Waals surface area contributed by atoms with Crippen LogP contribution in [-0.4, -0.2) is 71.7 Å². The van der Waals surface area contributed by atoms with Crippen LogP contribution in [0.5, 0.6) is 0 Å². The van der Waals surface area contributed by atoms with Crippen LogP contribution in [0, 0.1) is 11.8 Å². The first-order valence-corrected chi connectivity index (χ1v) is 10.5. The van der Waals surface area contributed by atoms with E-state index >= 15 is 0 Å². The molecular weight excluding hydrogens is 382 g/mol. The summed E-state index contributed by atoms with van der Waals surface area (Å²) in [6, 6.07) is 0.0923. The van der Waals surface area contributed by atoms with Crippen molar-refractivity contribution in [2.75, 3.05) is 6.54 Å². The van der Waals surface area contributed by atoms with Crippen molar-refractivity contribution in [3.05, 3.63) is 23.3 Å². The minimum absolute atomic E-state index is 0.0809. The van der Waals surface area contributed by atoms with Crippen molar-refractivity contribution in [3.63, 3.8) is 0 Å². The Balaban J connectivity index is 1.42. The second-order valence-electron chi connectivity index (χ2n) is 7.80. The van der Waals surface area contributed by atoms with Gasteiger partial charge in [-0.2, -0.15) is 5.10 Å². The first kappa shape index (κ1) is 19.4. The number of carbonyl (C=O) groups excluding carboxylic acids is 1. The number of nitrogens with one attached hydrogen (secondary N) is 1. The number of aliphatic hydroxyl groups is 1. The fourth-order valence-corrected chi connectivity index (χ4v) is 6.10. The van der Waals surface area contributed by atoms with E-state index in [2.05, 4.69) is 15.4 Å². The molecule has 3 aliphatic heterocycles. The van der Waals surface area contributed by atoms with Gasteiger partial charge in [0.25, 0.3) is 0 Å². The van der Waals surface area contributed by atoms with Crippen LogP contribution in [0.15, 0.2) is 23.3 Å². The highest BCUT2D eigenvalue weighted by molar-refractivity contribution is 8.03. The lowest BCUT2D eigenvalue weighted by molar-refractivity contribution is -0.163. The molecule has 4 rings (SSSR count). The SMILES string of the molecule is C[C@@H](O)[C@H]1C(=O)N2C(C(=O)O)=C(S[C@@H]3CN[C@H](CCn4cncn4)C3)[C@H](C)[C@H]12. The fraction of sp³-hybridized carbons (Fsp3) is 0.667. The molecule has 1 aromatic rings. The summed E-state index contributed by atoms with van der Waals surface area (Å²) in [5.41, 5.74) is 0.107. The molecule has 0 spiro atoms. The van der Waals surface area contributed by atoms with Gasteiger partial charge < -0.3 is 20.4 Å². The van der Waals surface area contributed by atoms with Crippen molar-refractivity contribution in [1.82, 2.24) is 25.0 Å². The summed E-state index contributed by atoms with van der Waals surface area (Å²) in [5, 5.41) is 27.5. The molecule has 1 amide bonds. The number of amides is 1. The van der Waals surface area contributed by atoms with Gasteiger partial charge in [-0.15, -0.1) is 11.8 Å². The number of carboxylic acids is 1. The van der Waals surface area contributed by atoms with E-state index in [-0.39, 0.29) is 28.8 Å². The maximum atomic E-state index is 12.4. The fourth-order valence-electron chi connectivity index (χ4n) is 4.59. The number of rotatable bonds is 7. The van der Waals surface area contributed by atoms with E-state index in [4.69, 9.17) is 0 Å². The van der Waals surface area contributed by atoms with Crippen molar-refractivity contribution >= 4 is 23.6 Å². The second kappa shape index (κ2) is 7.49. The van der Waals surface area contributed by atoms with Gasteiger partial charge in [0.05, 0.1) is 18.1 Å². The van der Waals surface area contributed by atoms with Crippen molar-refractivity contribution < 1.29 is 19.8 Å². The maximum absolute atomic E-state index is 12.4. The molecule has 3 aliphatic rings. The number of carboxylic acid groups (broad SMARTS) is 1. The molecule has 0 aromatic carbocycles. The number of carbonyl (C=O) groups is 2. The Labute approximate surface area is 167 Å². The number of aromatic nitrogens is 3.